The maximum absolute atomic E-state index is 12.4. The first-order chi connectivity index (χ1) is 7.80. The summed E-state index contributed by atoms with van der Waals surface area (Å²) in [6, 6.07) is 0.866. The molecule has 0 aliphatic rings. The molecular formula is C10H13BrF3N3. The highest BCUT2D eigenvalue weighted by atomic mass is 79.9. The second-order valence-corrected chi connectivity index (χ2v) is 5.29. The van der Waals surface area contributed by atoms with Gasteiger partial charge in [-0.15, -0.1) is 0 Å². The summed E-state index contributed by atoms with van der Waals surface area (Å²) < 4.78 is 37.3. The fourth-order valence-electron chi connectivity index (χ4n) is 1.16. The van der Waals surface area contributed by atoms with Crippen LogP contribution in [-0.2, 0) is 6.18 Å². The van der Waals surface area contributed by atoms with Crippen molar-refractivity contribution in [3.8, 4) is 0 Å². The van der Waals surface area contributed by atoms with Crippen molar-refractivity contribution in [3.63, 3.8) is 0 Å². The van der Waals surface area contributed by atoms with Crippen molar-refractivity contribution in [3.05, 3.63) is 18.0 Å². The van der Waals surface area contributed by atoms with E-state index < -0.39 is 11.9 Å². The maximum atomic E-state index is 12.4. The molecule has 1 rings (SSSR count). The lowest BCUT2D eigenvalue weighted by Crippen LogP contribution is -2.23. The summed E-state index contributed by atoms with van der Waals surface area (Å²) in [6.07, 6.45) is -2.50. The van der Waals surface area contributed by atoms with Crippen LogP contribution in [0.3, 0.4) is 0 Å². The molecule has 96 valence electrons. The minimum Gasteiger partial charge on any atom is -0.344 e. The van der Waals surface area contributed by atoms with E-state index in [1.807, 2.05) is 6.92 Å². The topological polar surface area (TPSA) is 29.0 Å². The van der Waals surface area contributed by atoms with E-state index in [4.69, 9.17) is 0 Å². The molecule has 7 heteroatoms. The molecule has 17 heavy (non-hydrogen) atoms. The molecule has 0 N–H and O–H groups in total. The van der Waals surface area contributed by atoms with Crippen molar-refractivity contribution in [1.29, 1.82) is 0 Å². The van der Waals surface area contributed by atoms with Crippen molar-refractivity contribution < 1.29 is 13.2 Å². The molecule has 0 aliphatic heterocycles. The van der Waals surface area contributed by atoms with Gasteiger partial charge < -0.3 is 4.90 Å². The predicted octanol–water partition coefficient (Wildman–Crippen LogP) is 3.11. The number of nitrogens with zero attached hydrogens (tertiary/aromatic N) is 3. The summed E-state index contributed by atoms with van der Waals surface area (Å²) in [7, 11) is 1.67. The fourth-order valence-corrected chi connectivity index (χ4v) is 1.37. The molecule has 0 radical (unpaired) electrons. The van der Waals surface area contributed by atoms with Gasteiger partial charge in [-0.05, 0) is 12.5 Å². The predicted molar refractivity (Wildman–Crippen MR) is 63.3 cm³/mol. The van der Waals surface area contributed by atoms with Gasteiger partial charge in [0, 0.05) is 24.6 Å². The highest BCUT2D eigenvalue weighted by Gasteiger charge is 2.33. The molecule has 0 saturated heterocycles. The second kappa shape index (κ2) is 5.66. The van der Waals surface area contributed by atoms with Crippen LogP contribution in [0.5, 0.6) is 0 Å². The van der Waals surface area contributed by atoms with E-state index in [1.54, 1.807) is 11.9 Å². The molecule has 0 aliphatic carbocycles. The van der Waals surface area contributed by atoms with Crippen molar-refractivity contribution in [2.45, 2.75) is 24.3 Å². The van der Waals surface area contributed by atoms with Gasteiger partial charge in [-0.3, -0.25) is 0 Å². The Labute approximate surface area is 106 Å². The number of anilines is 1. The number of hydrogen-bond donors (Lipinski definition) is 0. The largest absolute Gasteiger partial charge is 0.433 e. The summed E-state index contributed by atoms with van der Waals surface area (Å²) in [5, 5.41) is 0. The van der Waals surface area contributed by atoms with Gasteiger partial charge in [0.1, 0.15) is 5.69 Å². The second-order valence-electron chi connectivity index (χ2n) is 3.73. The number of rotatable bonds is 4. The van der Waals surface area contributed by atoms with Crippen LogP contribution in [0.25, 0.3) is 0 Å². The van der Waals surface area contributed by atoms with Crippen molar-refractivity contribution in [2.24, 2.45) is 0 Å². The quantitative estimate of drug-likeness (QED) is 0.800. The Kier molecular flexibility index (Phi) is 4.73. The molecule has 1 atom stereocenters. The average Bonchev–Trinajstić information content (AvgIpc) is 2.25. The summed E-state index contributed by atoms with van der Waals surface area (Å²) in [4.78, 5) is 9.23. The van der Waals surface area contributed by atoms with Crippen molar-refractivity contribution in [1.82, 2.24) is 9.97 Å². The van der Waals surface area contributed by atoms with Crippen LogP contribution in [0.4, 0.5) is 19.1 Å². The minimum absolute atomic E-state index is 0.0907. The molecule has 0 spiro atoms. The van der Waals surface area contributed by atoms with E-state index in [0.29, 0.717) is 11.4 Å². The highest BCUT2D eigenvalue weighted by molar-refractivity contribution is 9.09. The van der Waals surface area contributed by atoms with Crippen LogP contribution in [0.1, 0.15) is 19.0 Å². The first-order valence-electron chi connectivity index (χ1n) is 5.06. The molecule has 0 saturated carbocycles. The van der Waals surface area contributed by atoms with Crippen molar-refractivity contribution in [2.75, 3.05) is 18.5 Å². The molecule has 1 aromatic heterocycles. The summed E-state index contributed by atoms with van der Waals surface area (Å²) in [6.45, 7) is 2.56. The van der Waals surface area contributed by atoms with Crippen LogP contribution < -0.4 is 4.90 Å². The van der Waals surface area contributed by atoms with Gasteiger partial charge in [-0.25, -0.2) is 9.97 Å². The monoisotopic (exact) mass is 311 g/mol. The molecule has 0 fully saturated rings. The van der Waals surface area contributed by atoms with Gasteiger partial charge in [0.05, 0.1) is 0 Å². The van der Waals surface area contributed by atoms with Crippen LogP contribution in [0.15, 0.2) is 12.3 Å². The van der Waals surface area contributed by atoms with Gasteiger partial charge in [0.15, 0.2) is 0 Å². The van der Waals surface area contributed by atoms with Crippen LogP contribution in [0, 0.1) is 0 Å². The van der Waals surface area contributed by atoms with E-state index in [1.165, 1.54) is 0 Å². The number of halogens is 4. The van der Waals surface area contributed by atoms with Crippen LogP contribution >= 0.6 is 15.9 Å². The first kappa shape index (κ1) is 14.2. The molecule has 0 amide bonds. The van der Waals surface area contributed by atoms with E-state index in [-0.39, 0.29) is 5.95 Å². The van der Waals surface area contributed by atoms with E-state index >= 15 is 0 Å². The zero-order chi connectivity index (χ0) is 13.1. The summed E-state index contributed by atoms with van der Waals surface area (Å²) >= 11 is 3.37. The lowest BCUT2D eigenvalue weighted by molar-refractivity contribution is -0.141. The third-order valence-electron chi connectivity index (χ3n) is 2.14. The Hall–Kier alpha value is -0.850. The Morgan fingerprint density at radius 1 is 1.47 bits per heavy atom. The standard InChI is InChI=1S/C10H13BrF3N3/c1-7(11)4-6-17(2)9-15-5-3-8(16-9)10(12,13)14/h3,5,7H,4,6H2,1-2H3. The Balaban J connectivity index is 2.77. The fraction of sp³-hybridized carbons (Fsp3) is 0.600. The van der Waals surface area contributed by atoms with Gasteiger partial charge in [0.25, 0.3) is 0 Å². The van der Waals surface area contributed by atoms with E-state index in [2.05, 4.69) is 25.9 Å². The summed E-state index contributed by atoms with van der Waals surface area (Å²) in [5.41, 5.74) is -0.916. The zero-order valence-electron chi connectivity index (χ0n) is 9.50. The maximum Gasteiger partial charge on any atom is 0.433 e. The molecule has 1 heterocycles. The Bertz CT molecular complexity index is 368. The van der Waals surface area contributed by atoms with E-state index in [0.717, 1.165) is 18.7 Å². The highest BCUT2D eigenvalue weighted by Crippen LogP contribution is 2.27. The smallest absolute Gasteiger partial charge is 0.344 e. The zero-order valence-corrected chi connectivity index (χ0v) is 11.1. The number of aromatic nitrogens is 2. The number of hydrogen-bond acceptors (Lipinski definition) is 3. The molecule has 1 unspecified atom stereocenters. The van der Waals surface area contributed by atoms with Gasteiger partial charge in [-0.2, -0.15) is 13.2 Å². The van der Waals surface area contributed by atoms with Gasteiger partial charge in [0.2, 0.25) is 5.95 Å². The normalized spacial score (nSPS) is 13.5. The first-order valence-corrected chi connectivity index (χ1v) is 5.97. The molecular weight excluding hydrogens is 299 g/mol. The third-order valence-corrected chi connectivity index (χ3v) is 2.59. The molecule has 0 aromatic carbocycles. The Morgan fingerprint density at radius 2 is 2.12 bits per heavy atom. The number of alkyl halides is 4. The minimum atomic E-state index is -4.43. The molecule has 0 bridgehead atoms. The SMILES string of the molecule is CC(Br)CCN(C)c1nccc(C(F)(F)F)n1. The summed E-state index contributed by atoms with van der Waals surface area (Å²) in [5.74, 6) is 0.0907. The lowest BCUT2D eigenvalue weighted by Gasteiger charge is -2.18. The van der Waals surface area contributed by atoms with Crippen molar-refractivity contribution >= 4 is 21.9 Å². The van der Waals surface area contributed by atoms with Gasteiger partial charge in [-0.1, -0.05) is 22.9 Å². The Morgan fingerprint density at radius 3 is 2.65 bits per heavy atom. The van der Waals surface area contributed by atoms with E-state index in [9.17, 15) is 13.2 Å². The lowest BCUT2D eigenvalue weighted by atomic mass is 10.3. The van der Waals surface area contributed by atoms with Crippen LogP contribution in [0.2, 0.25) is 0 Å². The molecule has 1 aromatic rings. The average molecular weight is 312 g/mol. The third kappa shape index (κ3) is 4.49. The van der Waals surface area contributed by atoms with Crippen LogP contribution in [-0.4, -0.2) is 28.4 Å². The molecule has 3 nitrogen and oxygen atoms in total. The van der Waals surface area contributed by atoms with Gasteiger partial charge >= 0.3 is 6.18 Å².